The molecule has 122 valence electrons. The second kappa shape index (κ2) is 6.96. The molecule has 4 atom stereocenters. The van der Waals surface area contributed by atoms with E-state index in [4.69, 9.17) is 4.74 Å². The Balaban J connectivity index is 1.43. The van der Waals surface area contributed by atoms with Crippen molar-refractivity contribution in [2.24, 2.45) is 23.7 Å². The van der Waals surface area contributed by atoms with Crippen molar-refractivity contribution in [2.75, 3.05) is 13.2 Å². The first-order valence-electron chi connectivity index (χ1n) is 7.95. The van der Waals surface area contributed by atoms with Crippen LogP contribution in [-0.2, 0) is 20.9 Å². The Kier molecular flexibility index (Phi) is 4.76. The van der Waals surface area contributed by atoms with Gasteiger partial charge in [-0.2, -0.15) is 0 Å². The molecule has 2 aliphatic carbocycles. The number of aliphatic carboxylic acids is 1. The monoisotopic (exact) mass is 314 g/mol. The number of fused-ring (bicyclic) bond motifs is 2. The third-order valence-electron chi connectivity index (χ3n) is 4.69. The molecular formula is C18H20NO4-. The normalized spacial score (nSPS) is 28.0. The van der Waals surface area contributed by atoms with Gasteiger partial charge >= 0.3 is 0 Å². The lowest BCUT2D eigenvalue weighted by Crippen LogP contribution is -2.45. The first-order chi connectivity index (χ1) is 11.2. The molecule has 1 fully saturated rings. The highest BCUT2D eigenvalue weighted by molar-refractivity contribution is 5.86. The number of carbonyl (C=O) groups excluding carboxylic acids is 2. The van der Waals surface area contributed by atoms with E-state index in [1.807, 2.05) is 42.5 Å². The Morgan fingerprint density at radius 3 is 2.52 bits per heavy atom. The quantitative estimate of drug-likeness (QED) is 0.587. The molecule has 1 N–H and O–H groups in total. The zero-order chi connectivity index (χ0) is 16.2. The molecule has 0 heterocycles. The fourth-order valence-electron chi connectivity index (χ4n) is 3.63. The third-order valence-corrected chi connectivity index (χ3v) is 4.69. The highest BCUT2D eigenvalue weighted by Gasteiger charge is 2.48. The van der Waals surface area contributed by atoms with Crippen molar-refractivity contribution < 1.29 is 19.4 Å². The Morgan fingerprint density at radius 1 is 1.13 bits per heavy atom. The van der Waals surface area contributed by atoms with Crippen LogP contribution in [0.4, 0.5) is 0 Å². The second-order valence-electron chi connectivity index (χ2n) is 6.15. The molecule has 1 aromatic carbocycles. The number of carboxylic acids is 1. The van der Waals surface area contributed by atoms with Crippen molar-refractivity contribution in [3.8, 4) is 0 Å². The van der Waals surface area contributed by atoms with Crippen LogP contribution in [-0.4, -0.2) is 25.0 Å². The number of rotatable bonds is 7. The number of nitrogens with one attached hydrogen (secondary N) is 1. The van der Waals surface area contributed by atoms with Gasteiger partial charge in [-0.1, -0.05) is 42.5 Å². The molecule has 5 nitrogen and oxygen atoms in total. The number of allylic oxidation sites excluding steroid dienone is 2. The van der Waals surface area contributed by atoms with E-state index in [-0.39, 0.29) is 17.7 Å². The number of hydrogen-bond donors (Lipinski definition) is 1. The maximum absolute atomic E-state index is 12.3. The van der Waals surface area contributed by atoms with Crippen molar-refractivity contribution in [3.63, 3.8) is 0 Å². The molecule has 1 saturated carbocycles. The maximum atomic E-state index is 12.3. The number of amides is 1. The number of carboxylic acid groups (broad SMARTS) is 1. The second-order valence-corrected chi connectivity index (χ2v) is 6.15. The lowest BCUT2D eigenvalue weighted by molar-refractivity contribution is -0.313. The smallest absolute Gasteiger partial charge is 0.224 e. The van der Waals surface area contributed by atoms with E-state index in [1.165, 1.54) is 0 Å². The van der Waals surface area contributed by atoms with Crippen LogP contribution in [0.2, 0.25) is 0 Å². The summed E-state index contributed by atoms with van der Waals surface area (Å²) in [5.74, 6) is -2.58. The van der Waals surface area contributed by atoms with Gasteiger partial charge in [0.1, 0.15) is 0 Å². The zero-order valence-corrected chi connectivity index (χ0v) is 12.8. The number of carbonyl (C=O) groups is 2. The Morgan fingerprint density at radius 2 is 1.83 bits per heavy atom. The van der Waals surface area contributed by atoms with Crippen LogP contribution < -0.4 is 10.4 Å². The molecule has 2 bridgehead atoms. The van der Waals surface area contributed by atoms with Crippen LogP contribution in [0.1, 0.15) is 12.0 Å². The minimum absolute atomic E-state index is 0.0214. The minimum Gasteiger partial charge on any atom is -0.550 e. The predicted molar refractivity (Wildman–Crippen MR) is 81.8 cm³/mol. The van der Waals surface area contributed by atoms with E-state index in [1.54, 1.807) is 0 Å². The van der Waals surface area contributed by atoms with Crippen LogP contribution >= 0.6 is 0 Å². The lowest BCUT2D eigenvalue weighted by atomic mass is 9.82. The molecule has 1 amide bonds. The Labute approximate surface area is 135 Å². The van der Waals surface area contributed by atoms with Gasteiger partial charge in [-0.05, 0) is 23.8 Å². The van der Waals surface area contributed by atoms with Gasteiger partial charge in [-0.15, -0.1) is 0 Å². The van der Waals surface area contributed by atoms with Crippen LogP contribution in [0.15, 0.2) is 42.5 Å². The van der Waals surface area contributed by atoms with Gasteiger partial charge in [0.15, 0.2) is 0 Å². The van der Waals surface area contributed by atoms with Gasteiger partial charge in [-0.3, -0.25) is 4.79 Å². The summed E-state index contributed by atoms with van der Waals surface area (Å²) >= 11 is 0. The highest BCUT2D eigenvalue weighted by Crippen LogP contribution is 2.47. The zero-order valence-electron chi connectivity index (χ0n) is 12.8. The summed E-state index contributed by atoms with van der Waals surface area (Å²) in [4.78, 5) is 23.6. The van der Waals surface area contributed by atoms with Gasteiger partial charge in [-0.25, -0.2) is 0 Å². The van der Waals surface area contributed by atoms with Crippen molar-refractivity contribution >= 4 is 11.9 Å². The molecule has 2 aliphatic rings. The predicted octanol–water partition coefficient (Wildman–Crippen LogP) is 0.508. The maximum Gasteiger partial charge on any atom is 0.224 e. The Hall–Kier alpha value is -2.14. The van der Waals surface area contributed by atoms with E-state index in [0.717, 1.165) is 12.0 Å². The fourth-order valence-corrected chi connectivity index (χ4v) is 3.63. The molecule has 23 heavy (non-hydrogen) atoms. The molecule has 0 spiro atoms. The minimum atomic E-state index is -1.12. The van der Waals surface area contributed by atoms with Crippen LogP contribution in [0.25, 0.3) is 0 Å². The first-order valence-corrected chi connectivity index (χ1v) is 7.95. The average Bonchev–Trinajstić information content (AvgIpc) is 3.16. The Bertz CT molecular complexity index is 598. The van der Waals surface area contributed by atoms with Crippen molar-refractivity contribution in [1.82, 2.24) is 5.32 Å². The lowest BCUT2D eigenvalue weighted by Gasteiger charge is -2.27. The average molecular weight is 314 g/mol. The summed E-state index contributed by atoms with van der Waals surface area (Å²) in [6, 6.07) is 9.79. The molecule has 1 aromatic rings. The summed E-state index contributed by atoms with van der Waals surface area (Å²) in [5.41, 5.74) is 1.08. The number of ether oxygens (including phenoxy) is 1. The molecule has 0 saturated heterocycles. The standard InChI is InChI=1S/C18H21NO4/c20-17(15-13-6-7-14(10-13)16(15)18(21)22)19-8-9-23-11-12-4-2-1-3-5-12/h1-7,13-16H,8-11H2,(H,19,20)(H,21,22)/p-1/t13-,14-,15-,16-/m1/s1. The van der Waals surface area contributed by atoms with E-state index < -0.39 is 17.8 Å². The summed E-state index contributed by atoms with van der Waals surface area (Å²) in [6.07, 6.45) is 4.60. The molecule has 0 aliphatic heterocycles. The van der Waals surface area contributed by atoms with E-state index in [2.05, 4.69) is 5.32 Å². The molecule has 0 aromatic heterocycles. The number of hydrogen-bond acceptors (Lipinski definition) is 4. The molecular weight excluding hydrogens is 294 g/mol. The van der Waals surface area contributed by atoms with Gasteiger partial charge < -0.3 is 20.0 Å². The molecule has 0 radical (unpaired) electrons. The van der Waals surface area contributed by atoms with Gasteiger partial charge in [0.25, 0.3) is 0 Å². The van der Waals surface area contributed by atoms with Crippen LogP contribution in [0.3, 0.4) is 0 Å². The van der Waals surface area contributed by atoms with Crippen LogP contribution in [0, 0.1) is 23.7 Å². The molecule has 0 unspecified atom stereocenters. The fraction of sp³-hybridized carbons (Fsp3) is 0.444. The topological polar surface area (TPSA) is 78.5 Å². The van der Waals surface area contributed by atoms with Gasteiger partial charge in [0, 0.05) is 18.4 Å². The SMILES string of the molecule is O=C([O-])[C@H]1[C@H](C(=O)NCCOCc2ccccc2)[C@@H]2C=C[C@@H]1C2. The largest absolute Gasteiger partial charge is 0.550 e. The van der Waals surface area contributed by atoms with Crippen molar-refractivity contribution in [3.05, 3.63) is 48.0 Å². The van der Waals surface area contributed by atoms with Crippen molar-refractivity contribution in [2.45, 2.75) is 13.0 Å². The van der Waals surface area contributed by atoms with E-state index >= 15 is 0 Å². The first kappa shape index (κ1) is 15.7. The highest BCUT2D eigenvalue weighted by atomic mass is 16.5. The molecule has 3 rings (SSSR count). The summed E-state index contributed by atoms with van der Waals surface area (Å²) < 4.78 is 5.51. The van der Waals surface area contributed by atoms with E-state index in [0.29, 0.717) is 19.8 Å². The van der Waals surface area contributed by atoms with Gasteiger partial charge in [0.05, 0.1) is 19.1 Å². The van der Waals surface area contributed by atoms with Crippen LogP contribution in [0.5, 0.6) is 0 Å². The number of benzene rings is 1. The summed E-state index contributed by atoms with van der Waals surface area (Å²) in [7, 11) is 0. The van der Waals surface area contributed by atoms with Gasteiger partial charge in [0.2, 0.25) is 5.91 Å². The summed E-state index contributed by atoms with van der Waals surface area (Å²) in [5, 5.41) is 14.1. The van der Waals surface area contributed by atoms with Crippen molar-refractivity contribution in [1.29, 1.82) is 0 Å². The molecule has 5 heteroatoms. The summed E-state index contributed by atoms with van der Waals surface area (Å²) in [6.45, 7) is 1.27. The third kappa shape index (κ3) is 3.45. The van der Waals surface area contributed by atoms with E-state index in [9.17, 15) is 14.7 Å².